The fraction of sp³-hybridized carbons (Fsp3) is 0.333. The van der Waals surface area contributed by atoms with E-state index in [4.69, 9.17) is 9.47 Å². The Bertz CT molecular complexity index is 828. The Labute approximate surface area is 159 Å². The second-order valence-corrected chi connectivity index (χ2v) is 6.60. The SMILES string of the molecule is COc1cc(CCC(=O)N2c3ccccc3NC(=O)C[C@H]2C)cc(OC)c1. The van der Waals surface area contributed by atoms with Crippen molar-refractivity contribution in [3.8, 4) is 11.5 Å². The van der Waals surface area contributed by atoms with E-state index in [1.54, 1.807) is 25.2 Å². The molecule has 1 aliphatic heterocycles. The molecule has 6 nitrogen and oxygen atoms in total. The summed E-state index contributed by atoms with van der Waals surface area (Å²) < 4.78 is 10.6. The Morgan fingerprint density at radius 3 is 2.48 bits per heavy atom. The summed E-state index contributed by atoms with van der Waals surface area (Å²) in [5, 5.41) is 2.88. The molecule has 0 aliphatic carbocycles. The lowest BCUT2D eigenvalue weighted by molar-refractivity contribution is -0.119. The van der Waals surface area contributed by atoms with Crippen LogP contribution < -0.4 is 19.7 Å². The van der Waals surface area contributed by atoms with Crippen LogP contribution in [0.15, 0.2) is 42.5 Å². The maximum absolute atomic E-state index is 13.0. The number of ether oxygens (including phenoxy) is 2. The number of rotatable bonds is 5. The number of anilines is 2. The van der Waals surface area contributed by atoms with Gasteiger partial charge in [-0.1, -0.05) is 12.1 Å². The second kappa shape index (κ2) is 8.12. The summed E-state index contributed by atoms with van der Waals surface area (Å²) in [5.41, 5.74) is 2.37. The van der Waals surface area contributed by atoms with E-state index in [2.05, 4.69) is 5.32 Å². The molecule has 2 aromatic rings. The van der Waals surface area contributed by atoms with Crippen molar-refractivity contribution in [2.24, 2.45) is 0 Å². The van der Waals surface area contributed by atoms with E-state index in [0.29, 0.717) is 30.0 Å². The van der Waals surface area contributed by atoms with E-state index in [1.165, 1.54) is 0 Å². The molecule has 3 rings (SSSR count). The van der Waals surface area contributed by atoms with Crippen molar-refractivity contribution in [1.82, 2.24) is 0 Å². The average Bonchev–Trinajstić information content (AvgIpc) is 2.79. The molecule has 0 radical (unpaired) electrons. The van der Waals surface area contributed by atoms with Crippen LogP contribution in [0, 0.1) is 0 Å². The molecule has 1 heterocycles. The number of methoxy groups -OCH3 is 2. The maximum Gasteiger partial charge on any atom is 0.227 e. The van der Waals surface area contributed by atoms with E-state index < -0.39 is 0 Å². The Balaban J connectivity index is 1.80. The van der Waals surface area contributed by atoms with Gasteiger partial charge in [-0.05, 0) is 43.2 Å². The predicted octanol–water partition coefficient (Wildman–Crippen LogP) is 3.40. The first-order valence-electron chi connectivity index (χ1n) is 8.94. The van der Waals surface area contributed by atoms with Gasteiger partial charge in [-0.3, -0.25) is 9.59 Å². The van der Waals surface area contributed by atoms with Crippen molar-refractivity contribution < 1.29 is 19.1 Å². The highest BCUT2D eigenvalue weighted by atomic mass is 16.5. The summed E-state index contributed by atoms with van der Waals surface area (Å²) in [5.74, 6) is 1.29. The summed E-state index contributed by atoms with van der Waals surface area (Å²) in [4.78, 5) is 26.8. The normalized spacial score (nSPS) is 16.2. The largest absolute Gasteiger partial charge is 0.497 e. The monoisotopic (exact) mass is 368 g/mol. The molecule has 6 heteroatoms. The lowest BCUT2D eigenvalue weighted by Gasteiger charge is -2.28. The zero-order valence-corrected chi connectivity index (χ0v) is 15.8. The minimum absolute atomic E-state index is 0.0202. The summed E-state index contributed by atoms with van der Waals surface area (Å²) >= 11 is 0. The molecule has 1 N–H and O–H groups in total. The van der Waals surface area contributed by atoms with Crippen LogP contribution >= 0.6 is 0 Å². The molecule has 0 unspecified atom stereocenters. The number of carbonyl (C=O) groups is 2. The molecule has 0 spiro atoms. The van der Waals surface area contributed by atoms with Gasteiger partial charge >= 0.3 is 0 Å². The van der Waals surface area contributed by atoms with Crippen molar-refractivity contribution in [3.63, 3.8) is 0 Å². The summed E-state index contributed by atoms with van der Waals surface area (Å²) in [6, 6.07) is 12.8. The first-order chi connectivity index (χ1) is 13.0. The fourth-order valence-corrected chi connectivity index (χ4v) is 3.35. The first kappa shape index (κ1) is 18.8. The van der Waals surface area contributed by atoms with Crippen LogP contribution in [0.25, 0.3) is 0 Å². The highest BCUT2D eigenvalue weighted by Crippen LogP contribution is 2.32. The third-order valence-electron chi connectivity index (χ3n) is 4.67. The molecule has 1 aliphatic rings. The van der Waals surface area contributed by atoms with Gasteiger partial charge in [0.15, 0.2) is 0 Å². The number of nitrogens with one attached hydrogen (secondary N) is 1. The Kier molecular flexibility index (Phi) is 5.64. The third-order valence-corrected chi connectivity index (χ3v) is 4.67. The lowest BCUT2D eigenvalue weighted by atomic mass is 10.1. The van der Waals surface area contributed by atoms with Gasteiger partial charge in [-0.15, -0.1) is 0 Å². The smallest absolute Gasteiger partial charge is 0.227 e. The van der Waals surface area contributed by atoms with Gasteiger partial charge in [0.05, 0.1) is 25.6 Å². The van der Waals surface area contributed by atoms with Gasteiger partial charge in [-0.2, -0.15) is 0 Å². The van der Waals surface area contributed by atoms with E-state index in [0.717, 1.165) is 11.3 Å². The molecule has 0 bridgehead atoms. The average molecular weight is 368 g/mol. The number of para-hydroxylation sites is 2. The van der Waals surface area contributed by atoms with E-state index >= 15 is 0 Å². The molecule has 27 heavy (non-hydrogen) atoms. The molecular weight excluding hydrogens is 344 g/mol. The second-order valence-electron chi connectivity index (χ2n) is 6.60. The molecule has 0 saturated carbocycles. The number of aryl methyl sites for hydroxylation is 1. The van der Waals surface area contributed by atoms with Crippen LogP contribution in [0.3, 0.4) is 0 Å². The summed E-state index contributed by atoms with van der Waals surface area (Å²) in [6.45, 7) is 1.90. The van der Waals surface area contributed by atoms with Crippen molar-refractivity contribution in [2.45, 2.75) is 32.2 Å². The van der Waals surface area contributed by atoms with Crippen molar-refractivity contribution >= 4 is 23.2 Å². The molecule has 0 saturated heterocycles. The Hall–Kier alpha value is -3.02. The van der Waals surface area contributed by atoms with Gasteiger partial charge < -0.3 is 19.7 Å². The highest BCUT2D eigenvalue weighted by Gasteiger charge is 2.29. The minimum atomic E-state index is -0.207. The van der Waals surface area contributed by atoms with Gasteiger partial charge in [0.1, 0.15) is 11.5 Å². The number of nitrogens with zero attached hydrogens (tertiary/aromatic N) is 1. The van der Waals surface area contributed by atoms with Crippen LogP contribution in [0.4, 0.5) is 11.4 Å². The zero-order valence-electron chi connectivity index (χ0n) is 15.8. The standard InChI is InChI=1S/C21H24N2O4/c1-14-10-20(24)22-18-6-4-5-7-19(18)23(14)21(25)9-8-15-11-16(26-2)13-17(12-15)27-3/h4-7,11-14H,8-10H2,1-3H3,(H,22,24)/t14-/m1/s1. The highest BCUT2D eigenvalue weighted by molar-refractivity contribution is 6.04. The summed E-state index contributed by atoms with van der Waals surface area (Å²) in [6.07, 6.45) is 1.15. The maximum atomic E-state index is 13.0. The number of carbonyl (C=O) groups excluding carboxylic acids is 2. The number of hydrogen-bond donors (Lipinski definition) is 1. The molecule has 2 amide bonds. The fourth-order valence-electron chi connectivity index (χ4n) is 3.35. The molecule has 142 valence electrons. The van der Waals surface area contributed by atoms with Crippen LogP contribution in [-0.2, 0) is 16.0 Å². The van der Waals surface area contributed by atoms with Gasteiger partial charge in [0.25, 0.3) is 0 Å². The van der Waals surface area contributed by atoms with Crippen LogP contribution in [-0.4, -0.2) is 32.1 Å². The molecular formula is C21H24N2O4. The number of hydrogen-bond acceptors (Lipinski definition) is 4. The van der Waals surface area contributed by atoms with E-state index in [9.17, 15) is 9.59 Å². The van der Waals surface area contributed by atoms with Crippen molar-refractivity contribution in [3.05, 3.63) is 48.0 Å². The summed E-state index contributed by atoms with van der Waals surface area (Å²) in [7, 11) is 3.20. The number of benzene rings is 2. The van der Waals surface area contributed by atoms with Crippen LogP contribution in [0.5, 0.6) is 11.5 Å². The van der Waals surface area contributed by atoms with Crippen molar-refractivity contribution in [1.29, 1.82) is 0 Å². The lowest BCUT2D eigenvalue weighted by Crippen LogP contribution is -2.39. The van der Waals surface area contributed by atoms with Gasteiger partial charge in [0.2, 0.25) is 11.8 Å². The topological polar surface area (TPSA) is 67.9 Å². The van der Waals surface area contributed by atoms with Crippen LogP contribution in [0.1, 0.15) is 25.3 Å². The molecule has 0 fully saturated rings. The quantitative estimate of drug-likeness (QED) is 0.878. The predicted molar refractivity (Wildman–Crippen MR) is 105 cm³/mol. The molecule has 0 aromatic heterocycles. The molecule has 2 aromatic carbocycles. The van der Waals surface area contributed by atoms with Gasteiger partial charge in [0, 0.05) is 24.9 Å². The molecule has 1 atom stereocenters. The third kappa shape index (κ3) is 4.22. The Morgan fingerprint density at radius 1 is 1.15 bits per heavy atom. The van der Waals surface area contributed by atoms with Crippen LogP contribution in [0.2, 0.25) is 0 Å². The number of fused-ring (bicyclic) bond motifs is 1. The van der Waals surface area contributed by atoms with E-state index in [-0.39, 0.29) is 24.3 Å². The Morgan fingerprint density at radius 2 is 1.81 bits per heavy atom. The van der Waals surface area contributed by atoms with Crippen molar-refractivity contribution in [2.75, 3.05) is 24.4 Å². The number of amides is 2. The minimum Gasteiger partial charge on any atom is -0.497 e. The zero-order chi connectivity index (χ0) is 19.4. The van der Waals surface area contributed by atoms with E-state index in [1.807, 2.05) is 43.3 Å². The first-order valence-corrected chi connectivity index (χ1v) is 8.94. The van der Waals surface area contributed by atoms with Gasteiger partial charge in [-0.25, -0.2) is 0 Å².